The lowest BCUT2D eigenvalue weighted by atomic mass is 10.0. The number of aromatic hydroxyl groups is 1. The second kappa shape index (κ2) is 19.0. The Morgan fingerprint density at radius 1 is 0.388 bits per heavy atom. The molecular formula is C44H64N4O. The maximum atomic E-state index is 11.6. The summed E-state index contributed by atoms with van der Waals surface area (Å²) in [5, 5.41) is 15.9. The van der Waals surface area contributed by atoms with Gasteiger partial charge in [0.15, 0.2) is 0 Å². The minimum Gasteiger partial charge on any atom is -0.506 e. The maximum absolute atomic E-state index is 11.6. The monoisotopic (exact) mass is 665 g/mol. The number of fused-ring (bicyclic) bond motifs is 8. The van der Waals surface area contributed by atoms with Gasteiger partial charge in [-0.25, -0.2) is 0 Å². The van der Waals surface area contributed by atoms with Crippen LogP contribution in [0.25, 0.3) is 22.3 Å². The molecule has 5 heteroatoms. The summed E-state index contributed by atoms with van der Waals surface area (Å²) in [5.41, 5.74) is 9.78. The van der Waals surface area contributed by atoms with E-state index in [-0.39, 0.29) is 0 Å². The van der Waals surface area contributed by atoms with Gasteiger partial charge in [0.1, 0.15) is 5.75 Å². The molecule has 4 aromatic heterocycles. The summed E-state index contributed by atoms with van der Waals surface area (Å²) in [5.74, 6) is 0.347. The van der Waals surface area contributed by atoms with Gasteiger partial charge in [-0.15, -0.1) is 0 Å². The van der Waals surface area contributed by atoms with Gasteiger partial charge >= 0.3 is 0 Å². The highest BCUT2D eigenvalue weighted by Crippen LogP contribution is 2.27. The van der Waals surface area contributed by atoms with Crippen LogP contribution in [0.1, 0.15) is 179 Å². The number of aromatic nitrogens is 4. The van der Waals surface area contributed by atoms with E-state index in [0.29, 0.717) is 5.75 Å². The maximum Gasteiger partial charge on any atom is 0.141 e. The third kappa shape index (κ3) is 9.55. The van der Waals surface area contributed by atoms with Gasteiger partial charge in [0, 0.05) is 50.5 Å². The van der Waals surface area contributed by atoms with Crippen LogP contribution in [0.5, 0.6) is 5.75 Å². The third-order valence-electron chi connectivity index (χ3n) is 10.6. The molecule has 5 rings (SSSR count). The van der Waals surface area contributed by atoms with E-state index in [0.717, 1.165) is 60.6 Å². The summed E-state index contributed by atoms with van der Waals surface area (Å²) in [6.45, 7) is 9.10. The Labute approximate surface area is 295 Å². The molecule has 1 aliphatic rings. The van der Waals surface area contributed by atoms with Crippen LogP contribution in [0.4, 0.5) is 0 Å². The molecule has 0 spiro atoms. The summed E-state index contributed by atoms with van der Waals surface area (Å²) in [4.78, 5) is 15.5. The minimum absolute atomic E-state index is 0.347. The van der Waals surface area contributed by atoms with Crippen LogP contribution in [0.2, 0.25) is 0 Å². The van der Waals surface area contributed by atoms with Crippen molar-refractivity contribution >= 4 is 22.3 Å². The van der Waals surface area contributed by atoms with E-state index in [1.807, 2.05) is 6.07 Å². The van der Waals surface area contributed by atoms with Crippen molar-refractivity contribution in [1.29, 1.82) is 0 Å². The Balaban J connectivity index is 1.74. The van der Waals surface area contributed by atoms with Crippen LogP contribution in [0.15, 0.2) is 42.5 Å². The summed E-state index contributed by atoms with van der Waals surface area (Å²) < 4.78 is 0. The summed E-state index contributed by atoms with van der Waals surface area (Å²) in [7, 11) is 0. The zero-order chi connectivity index (χ0) is 34.4. The highest BCUT2D eigenvalue weighted by Gasteiger charge is 2.17. The Morgan fingerprint density at radius 3 is 1.16 bits per heavy atom. The molecule has 0 fully saturated rings. The van der Waals surface area contributed by atoms with Gasteiger partial charge in [-0.1, -0.05) is 105 Å². The first-order chi connectivity index (χ1) is 24.1. The van der Waals surface area contributed by atoms with Gasteiger partial charge in [-0.2, -0.15) is 0 Å². The zero-order valence-corrected chi connectivity index (χ0v) is 31.1. The van der Waals surface area contributed by atoms with Crippen molar-refractivity contribution in [3.63, 3.8) is 0 Å². The molecular weight excluding hydrogens is 601 g/mol. The normalized spacial score (nSPS) is 13.2. The average molecular weight is 665 g/mol. The first-order valence-corrected chi connectivity index (χ1v) is 20.0. The Hall–Kier alpha value is -3.60. The van der Waals surface area contributed by atoms with Gasteiger partial charge in [-0.3, -0.25) is 0 Å². The lowest BCUT2D eigenvalue weighted by molar-refractivity contribution is 0.471. The number of hydrogen-bond acceptors (Lipinski definition) is 1. The minimum atomic E-state index is 0.347. The molecule has 0 aromatic carbocycles. The number of nitrogens with one attached hydrogen (secondary N) is 4. The van der Waals surface area contributed by atoms with Crippen molar-refractivity contribution in [3.05, 3.63) is 86.6 Å². The summed E-state index contributed by atoms with van der Waals surface area (Å²) >= 11 is 0. The largest absolute Gasteiger partial charge is 0.506 e. The van der Waals surface area contributed by atoms with E-state index in [2.05, 4.69) is 84.0 Å². The molecule has 5 nitrogen and oxygen atoms in total. The quantitative estimate of drug-likeness (QED) is 0.0599. The lowest BCUT2D eigenvalue weighted by Gasteiger charge is -2.09. The van der Waals surface area contributed by atoms with E-state index in [1.54, 1.807) is 0 Å². The predicted octanol–water partition coefficient (Wildman–Crippen LogP) is 9.70. The van der Waals surface area contributed by atoms with Gasteiger partial charge in [0.05, 0.1) is 5.35 Å². The molecule has 0 amide bonds. The fourth-order valence-corrected chi connectivity index (χ4v) is 7.63. The Morgan fingerprint density at radius 2 is 0.755 bits per heavy atom. The highest BCUT2D eigenvalue weighted by molar-refractivity contribution is 5.71. The lowest BCUT2D eigenvalue weighted by Crippen LogP contribution is -2.18. The molecule has 0 atom stereocenters. The average Bonchev–Trinajstić information content (AvgIpc) is 3.93. The van der Waals surface area contributed by atoms with E-state index in [1.165, 1.54) is 134 Å². The van der Waals surface area contributed by atoms with Crippen LogP contribution >= 0.6 is 0 Å². The molecule has 4 aromatic rings. The summed E-state index contributed by atoms with van der Waals surface area (Å²) in [6, 6.07) is 15.7. The standard InChI is InChI=1S/C44H64N4O/c1-5-9-13-17-21-32-36-25-26-37(45-36)33(22-18-14-10-6-2)39-29-30-41(47-39)35(24-20-16-12-8-4)44-43(49)31-42(48-44)34(23-19-15-11-7-3)40-28-27-38(32)46-40/h25-31,45-49H,5-24H2,1-4H3. The fourth-order valence-electron chi connectivity index (χ4n) is 7.63. The van der Waals surface area contributed by atoms with Crippen LogP contribution in [-0.2, 0) is 0 Å². The molecule has 0 unspecified atom stereocenters. The van der Waals surface area contributed by atoms with Crippen molar-refractivity contribution < 1.29 is 5.11 Å². The molecule has 49 heavy (non-hydrogen) atoms. The number of hydrogen-bond donors (Lipinski definition) is 5. The molecule has 5 heterocycles. The second-order valence-corrected chi connectivity index (χ2v) is 14.5. The number of unbranched alkanes of at least 4 members (excludes halogenated alkanes) is 12. The molecule has 0 saturated carbocycles. The molecule has 266 valence electrons. The molecule has 0 aliphatic carbocycles. The topological polar surface area (TPSA) is 83.4 Å². The molecule has 1 aliphatic heterocycles. The SMILES string of the molecule is CCCCCCC1=c2ccc([nH]2)=C(CCCCCC)c2ccc([nH]2)C(CCCCCC)=c2[nH]c(cc2O)=C(CCCCCC)c2ccc1[nH]2. The van der Waals surface area contributed by atoms with E-state index in [4.69, 9.17) is 0 Å². The van der Waals surface area contributed by atoms with Gasteiger partial charge < -0.3 is 25.0 Å². The third-order valence-corrected chi connectivity index (χ3v) is 10.6. The van der Waals surface area contributed by atoms with Crippen molar-refractivity contribution in [1.82, 2.24) is 19.9 Å². The molecule has 0 saturated heterocycles. The first-order valence-electron chi connectivity index (χ1n) is 20.0. The van der Waals surface area contributed by atoms with Gasteiger partial charge in [0.2, 0.25) is 0 Å². The van der Waals surface area contributed by atoms with Gasteiger partial charge in [0.25, 0.3) is 0 Å². The smallest absolute Gasteiger partial charge is 0.141 e. The molecule has 8 bridgehead atoms. The molecule has 5 N–H and O–H groups in total. The highest BCUT2D eigenvalue weighted by atomic mass is 16.3. The van der Waals surface area contributed by atoms with E-state index < -0.39 is 0 Å². The van der Waals surface area contributed by atoms with Crippen molar-refractivity contribution in [3.8, 4) is 5.75 Å². The van der Waals surface area contributed by atoms with Crippen molar-refractivity contribution in [2.45, 2.75) is 156 Å². The number of aromatic amines is 4. The van der Waals surface area contributed by atoms with Crippen LogP contribution < -0.4 is 21.4 Å². The van der Waals surface area contributed by atoms with Crippen LogP contribution in [0, 0.1) is 0 Å². The molecule has 0 radical (unpaired) electrons. The van der Waals surface area contributed by atoms with Crippen molar-refractivity contribution in [2.75, 3.05) is 0 Å². The Kier molecular flexibility index (Phi) is 14.2. The van der Waals surface area contributed by atoms with Gasteiger partial charge in [-0.05, 0) is 104 Å². The van der Waals surface area contributed by atoms with Crippen LogP contribution in [-0.4, -0.2) is 25.0 Å². The van der Waals surface area contributed by atoms with Crippen LogP contribution in [0.3, 0.4) is 0 Å². The Bertz CT molecular complexity index is 1840. The zero-order valence-electron chi connectivity index (χ0n) is 31.1. The first kappa shape index (κ1) is 36.7. The van der Waals surface area contributed by atoms with Crippen molar-refractivity contribution in [2.24, 2.45) is 0 Å². The number of H-pyrrole nitrogens is 4. The number of rotatable bonds is 20. The summed E-state index contributed by atoms with van der Waals surface area (Å²) in [6.07, 6.45) is 23.3. The predicted molar refractivity (Wildman–Crippen MR) is 208 cm³/mol. The second-order valence-electron chi connectivity index (χ2n) is 14.5. The fraction of sp³-hybridized carbons (Fsp3) is 0.545. The van der Waals surface area contributed by atoms with E-state index in [9.17, 15) is 5.11 Å². The van der Waals surface area contributed by atoms with E-state index >= 15 is 0 Å².